The molecule has 1 aromatic heterocycles. The van der Waals surface area contributed by atoms with E-state index < -0.39 is 11.6 Å². The van der Waals surface area contributed by atoms with E-state index in [1.807, 2.05) is 4.90 Å². The van der Waals surface area contributed by atoms with Crippen molar-refractivity contribution in [1.82, 2.24) is 19.9 Å². The van der Waals surface area contributed by atoms with Gasteiger partial charge in [0.05, 0.1) is 11.6 Å². The van der Waals surface area contributed by atoms with Crippen LogP contribution in [0.4, 0.5) is 10.7 Å². The van der Waals surface area contributed by atoms with Crippen molar-refractivity contribution in [1.29, 1.82) is 0 Å². The van der Waals surface area contributed by atoms with Crippen LogP contribution in [0.5, 0.6) is 0 Å². The first-order valence-corrected chi connectivity index (χ1v) is 8.24. The number of hydrogen-bond acceptors (Lipinski definition) is 5. The number of rotatable bonds is 1. The zero-order valence-corrected chi connectivity index (χ0v) is 14.8. The van der Waals surface area contributed by atoms with Crippen LogP contribution in [0.1, 0.15) is 33.6 Å². The smallest absolute Gasteiger partial charge is 0.408 e. The summed E-state index contributed by atoms with van der Waals surface area (Å²) in [5.74, 6) is 0.403. The van der Waals surface area contributed by atoms with Crippen LogP contribution in [-0.4, -0.2) is 55.7 Å². The number of hydrogen-bond donors (Lipinski definition) is 1. The van der Waals surface area contributed by atoms with Crippen molar-refractivity contribution in [3.05, 3.63) is 10.6 Å². The minimum atomic E-state index is -0.867. The number of nitrogens with zero attached hydrogens (tertiary/aromatic N) is 5. The Bertz CT molecular complexity index is 630. The molecule has 0 saturated carbocycles. The van der Waals surface area contributed by atoms with Crippen molar-refractivity contribution in [3.63, 3.8) is 0 Å². The van der Waals surface area contributed by atoms with Crippen LogP contribution in [0.3, 0.4) is 0 Å². The first-order valence-electron chi connectivity index (χ1n) is 7.48. The van der Waals surface area contributed by atoms with E-state index in [4.69, 9.17) is 23.2 Å². The predicted octanol–water partition coefficient (Wildman–Crippen LogP) is 2.93. The summed E-state index contributed by atoms with van der Waals surface area (Å²) in [6, 6.07) is -0.0882. The normalized spacial score (nSPS) is 27.4. The van der Waals surface area contributed by atoms with E-state index >= 15 is 0 Å². The molecule has 0 unspecified atom stereocenters. The highest BCUT2D eigenvalue weighted by Crippen LogP contribution is 2.49. The topological polar surface area (TPSA) is 82.5 Å². The average molecular weight is 360 g/mol. The first-order chi connectivity index (χ1) is 10.6. The SMILES string of the molecule is CC(C)(C)[C@]12CC[C@@H](CN(c3nc(Cl)nc(Cl)n3)C1)N2C(=O)O. The van der Waals surface area contributed by atoms with Crippen molar-refractivity contribution in [2.45, 2.75) is 45.2 Å². The summed E-state index contributed by atoms with van der Waals surface area (Å²) in [5.41, 5.74) is -0.716. The fraction of sp³-hybridized carbons (Fsp3) is 0.714. The largest absolute Gasteiger partial charge is 0.465 e. The number of anilines is 1. The summed E-state index contributed by atoms with van der Waals surface area (Å²) >= 11 is 11.8. The highest BCUT2D eigenvalue weighted by molar-refractivity contribution is 6.31. The fourth-order valence-corrected chi connectivity index (χ4v) is 4.24. The van der Waals surface area contributed by atoms with E-state index in [1.54, 1.807) is 4.90 Å². The van der Waals surface area contributed by atoms with Crippen molar-refractivity contribution < 1.29 is 9.90 Å². The van der Waals surface area contributed by atoms with Gasteiger partial charge in [-0.15, -0.1) is 0 Å². The van der Waals surface area contributed by atoms with Crippen LogP contribution in [-0.2, 0) is 0 Å². The Balaban J connectivity index is 2.02. The zero-order chi connectivity index (χ0) is 17.0. The molecule has 3 rings (SSSR count). The summed E-state index contributed by atoms with van der Waals surface area (Å²) in [6.45, 7) is 7.25. The quantitative estimate of drug-likeness (QED) is 0.829. The van der Waals surface area contributed by atoms with Crippen molar-refractivity contribution >= 4 is 35.2 Å². The standard InChI is InChI=1S/C14H19Cl2N5O2/c1-13(2,3)14-5-4-8(21(14)12(22)23)6-20(7-14)11-18-9(15)17-10(16)19-11/h8H,4-7H2,1-3H3,(H,22,23)/t8-,14-/m0/s1. The van der Waals surface area contributed by atoms with Crippen molar-refractivity contribution in [2.75, 3.05) is 18.0 Å². The minimum Gasteiger partial charge on any atom is -0.465 e. The predicted molar refractivity (Wildman–Crippen MR) is 87.1 cm³/mol. The van der Waals surface area contributed by atoms with Gasteiger partial charge in [0.1, 0.15) is 0 Å². The van der Waals surface area contributed by atoms with Gasteiger partial charge in [0, 0.05) is 13.1 Å². The van der Waals surface area contributed by atoms with Gasteiger partial charge in [0.2, 0.25) is 16.5 Å². The van der Waals surface area contributed by atoms with Crippen LogP contribution < -0.4 is 4.90 Å². The van der Waals surface area contributed by atoms with Crippen LogP contribution >= 0.6 is 23.2 Å². The maximum atomic E-state index is 11.8. The molecule has 0 radical (unpaired) electrons. The Morgan fingerprint density at radius 2 is 1.87 bits per heavy atom. The highest BCUT2D eigenvalue weighted by Gasteiger charge is 2.59. The number of piperazine rings is 1. The third-order valence-electron chi connectivity index (χ3n) is 5.06. The van der Waals surface area contributed by atoms with Gasteiger partial charge in [-0.05, 0) is 41.5 Å². The molecule has 2 fully saturated rings. The van der Waals surface area contributed by atoms with Crippen molar-refractivity contribution in [3.8, 4) is 0 Å². The molecule has 2 aliphatic rings. The van der Waals surface area contributed by atoms with E-state index in [9.17, 15) is 9.90 Å². The van der Waals surface area contributed by atoms with E-state index in [2.05, 4.69) is 35.7 Å². The molecule has 2 saturated heterocycles. The summed E-state index contributed by atoms with van der Waals surface area (Å²) < 4.78 is 0. The molecule has 3 heterocycles. The lowest BCUT2D eigenvalue weighted by Gasteiger charge is -2.54. The summed E-state index contributed by atoms with van der Waals surface area (Å²) in [6.07, 6.45) is 0.775. The number of carbonyl (C=O) groups is 1. The van der Waals surface area contributed by atoms with Crippen LogP contribution in [0, 0.1) is 5.41 Å². The van der Waals surface area contributed by atoms with E-state index in [0.717, 1.165) is 12.8 Å². The van der Waals surface area contributed by atoms with E-state index in [1.165, 1.54) is 0 Å². The van der Waals surface area contributed by atoms with E-state index in [-0.39, 0.29) is 22.0 Å². The molecule has 2 aliphatic heterocycles. The van der Waals surface area contributed by atoms with Crippen LogP contribution in [0.2, 0.25) is 10.6 Å². The summed E-state index contributed by atoms with van der Waals surface area (Å²) in [4.78, 5) is 27.5. The number of carboxylic acid groups (broad SMARTS) is 1. The molecule has 2 atom stereocenters. The molecule has 1 amide bonds. The van der Waals surface area contributed by atoms with Crippen molar-refractivity contribution in [2.24, 2.45) is 5.41 Å². The Morgan fingerprint density at radius 1 is 1.26 bits per heavy atom. The van der Waals surface area contributed by atoms with Gasteiger partial charge in [-0.25, -0.2) is 4.79 Å². The van der Waals surface area contributed by atoms with Gasteiger partial charge >= 0.3 is 6.09 Å². The van der Waals surface area contributed by atoms with Crippen LogP contribution in [0.15, 0.2) is 0 Å². The molecule has 23 heavy (non-hydrogen) atoms. The zero-order valence-electron chi connectivity index (χ0n) is 13.3. The second-order valence-electron chi connectivity index (χ2n) is 7.18. The first kappa shape index (κ1) is 16.5. The number of halogens is 2. The van der Waals surface area contributed by atoms with Gasteiger partial charge in [-0.1, -0.05) is 20.8 Å². The molecular weight excluding hydrogens is 341 g/mol. The number of amides is 1. The molecule has 9 heteroatoms. The van der Waals surface area contributed by atoms with Gasteiger partial charge in [-0.3, -0.25) is 4.90 Å². The molecule has 0 aromatic carbocycles. The van der Waals surface area contributed by atoms with Gasteiger partial charge in [0.25, 0.3) is 0 Å². The molecule has 1 N–H and O–H groups in total. The van der Waals surface area contributed by atoms with Crippen LogP contribution in [0.25, 0.3) is 0 Å². The molecule has 2 bridgehead atoms. The summed E-state index contributed by atoms with van der Waals surface area (Å²) in [5, 5.41) is 9.80. The second-order valence-corrected chi connectivity index (χ2v) is 7.86. The Labute approximate surface area is 144 Å². The minimum absolute atomic E-state index is 0.0396. The number of aromatic nitrogens is 3. The third-order valence-corrected chi connectivity index (χ3v) is 5.39. The monoisotopic (exact) mass is 359 g/mol. The molecular formula is C14H19Cl2N5O2. The lowest BCUT2D eigenvalue weighted by molar-refractivity contribution is 0.00504. The maximum absolute atomic E-state index is 11.8. The van der Waals surface area contributed by atoms with E-state index in [0.29, 0.717) is 19.0 Å². The molecule has 7 nitrogen and oxygen atoms in total. The van der Waals surface area contributed by atoms with Gasteiger partial charge in [-0.2, -0.15) is 15.0 Å². The third kappa shape index (κ3) is 2.59. The lowest BCUT2D eigenvalue weighted by Crippen LogP contribution is -2.68. The Hall–Kier alpha value is -1.34. The Morgan fingerprint density at radius 3 is 2.39 bits per heavy atom. The lowest BCUT2D eigenvalue weighted by atomic mass is 9.71. The molecule has 0 aliphatic carbocycles. The van der Waals surface area contributed by atoms with Gasteiger partial charge < -0.3 is 10.0 Å². The Kier molecular flexibility index (Phi) is 3.84. The molecule has 1 aromatic rings. The maximum Gasteiger partial charge on any atom is 0.408 e. The number of fused-ring (bicyclic) bond motifs is 2. The van der Waals surface area contributed by atoms with Gasteiger partial charge in [0.15, 0.2) is 0 Å². The highest BCUT2D eigenvalue weighted by atomic mass is 35.5. The second kappa shape index (κ2) is 5.34. The average Bonchev–Trinajstić information content (AvgIpc) is 2.66. The molecule has 126 valence electrons. The molecule has 0 spiro atoms. The fourth-order valence-electron chi connectivity index (χ4n) is 3.89. The summed E-state index contributed by atoms with van der Waals surface area (Å²) in [7, 11) is 0.